The number of esters is 1. The topological polar surface area (TPSA) is 110 Å². The van der Waals surface area contributed by atoms with Crippen LogP contribution in [-0.4, -0.2) is 87.2 Å². The van der Waals surface area contributed by atoms with E-state index in [1.54, 1.807) is 21.3 Å². The minimum absolute atomic E-state index is 0.0356. The standard InChI is InChI=1S/C34H52O9/c1-8-20-10-9-11-28(35)18(3)30(37)27-15-25-23(26(27)16-29(36)42-20)12-17(2)22-13-21(14-24(22)25)43-34-33(40-7)32(39-6)31(38-5)19(4)41-34/h12,15,18-26,28,31-35H,8-11,13-14,16H2,1-7H3/t18-,19+,20+,21-,22+,23-,24-,25-,26+,28+,31+,32?,33-,34+/m1/s1. The highest BCUT2D eigenvalue weighted by Crippen LogP contribution is 2.56. The van der Waals surface area contributed by atoms with Crippen LogP contribution in [-0.2, 0) is 38.0 Å². The van der Waals surface area contributed by atoms with Crippen LogP contribution < -0.4 is 0 Å². The summed E-state index contributed by atoms with van der Waals surface area (Å²) in [7, 11) is 4.94. The molecule has 14 atom stereocenters. The highest BCUT2D eigenvalue weighted by molar-refractivity contribution is 5.99. The second kappa shape index (κ2) is 13.8. The normalized spacial score (nSPS) is 45.6. The number of methoxy groups -OCH3 is 3. The first-order valence-electron chi connectivity index (χ1n) is 16.3. The number of rotatable bonds is 6. The molecule has 2 saturated heterocycles. The number of allylic oxidation sites excluding steroid dienone is 4. The van der Waals surface area contributed by atoms with E-state index in [1.165, 1.54) is 5.57 Å². The molecule has 3 fully saturated rings. The van der Waals surface area contributed by atoms with E-state index in [0.29, 0.717) is 24.3 Å². The van der Waals surface area contributed by atoms with Crippen molar-refractivity contribution in [2.45, 2.75) is 122 Å². The Morgan fingerprint density at radius 1 is 0.930 bits per heavy atom. The SMILES string of the molecule is CC[C@H]1CCC[C@H](O)[C@@H](C)C(=O)C2=C[C@@H]3[C@@H](C=C(C)[C@@H]4C[C@@H](O[C@@H]5O[C@@H](C)[C@H](OC)C(OC)[C@H]5OC)C[C@@H]34)[C@@H]2CC(=O)O1. The Bertz CT molecular complexity index is 1070. The van der Waals surface area contributed by atoms with Crippen molar-refractivity contribution in [3.63, 3.8) is 0 Å². The molecule has 242 valence electrons. The van der Waals surface area contributed by atoms with E-state index in [4.69, 9.17) is 28.4 Å². The number of ether oxygens (including phenoxy) is 6. The number of cyclic esters (lactones) is 1. The largest absolute Gasteiger partial charge is 0.462 e. The van der Waals surface area contributed by atoms with Gasteiger partial charge in [0.15, 0.2) is 12.1 Å². The van der Waals surface area contributed by atoms with Crippen LogP contribution >= 0.6 is 0 Å². The summed E-state index contributed by atoms with van der Waals surface area (Å²) in [5, 5.41) is 10.9. The van der Waals surface area contributed by atoms with Crippen molar-refractivity contribution in [2.75, 3.05) is 21.3 Å². The predicted octanol–water partition coefficient (Wildman–Crippen LogP) is 4.40. The van der Waals surface area contributed by atoms with Gasteiger partial charge in [-0.2, -0.15) is 0 Å². The average molecular weight is 605 g/mol. The van der Waals surface area contributed by atoms with Gasteiger partial charge in [-0.15, -0.1) is 0 Å². The number of ketones is 1. The van der Waals surface area contributed by atoms with Crippen LogP contribution in [0, 0.1) is 35.5 Å². The molecule has 2 heterocycles. The van der Waals surface area contributed by atoms with E-state index in [-0.39, 0.29) is 72.4 Å². The smallest absolute Gasteiger partial charge is 0.306 e. The minimum atomic E-state index is -0.709. The van der Waals surface area contributed by atoms with Gasteiger partial charge in [0.2, 0.25) is 0 Å². The lowest BCUT2D eigenvalue weighted by Crippen LogP contribution is -2.59. The molecule has 3 aliphatic carbocycles. The number of hydrogen-bond acceptors (Lipinski definition) is 9. The third-order valence-corrected chi connectivity index (χ3v) is 11.1. The molecule has 2 aliphatic heterocycles. The van der Waals surface area contributed by atoms with E-state index >= 15 is 0 Å². The third kappa shape index (κ3) is 6.40. The van der Waals surface area contributed by atoms with E-state index in [2.05, 4.69) is 19.1 Å². The number of aliphatic hydroxyl groups excluding tert-OH is 1. The lowest BCUT2D eigenvalue weighted by atomic mass is 9.67. The van der Waals surface area contributed by atoms with Crippen LogP contribution in [0.3, 0.4) is 0 Å². The highest BCUT2D eigenvalue weighted by atomic mass is 16.7. The van der Waals surface area contributed by atoms with Crippen molar-refractivity contribution in [3.8, 4) is 0 Å². The van der Waals surface area contributed by atoms with Crippen molar-refractivity contribution in [1.29, 1.82) is 0 Å². The van der Waals surface area contributed by atoms with Crippen LogP contribution in [0.15, 0.2) is 23.3 Å². The van der Waals surface area contributed by atoms with Crippen molar-refractivity contribution >= 4 is 11.8 Å². The van der Waals surface area contributed by atoms with Crippen LogP contribution in [0.5, 0.6) is 0 Å². The first kappa shape index (κ1) is 32.8. The number of fused-ring (bicyclic) bond motifs is 5. The highest BCUT2D eigenvalue weighted by Gasteiger charge is 2.53. The summed E-state index contributed by atoms with van der Waals surface area (Å²) >= 11 is 0. The molecule has 1 saturated carbocycles. The van der Waals surface area contributed by atoms with Crippen LogP contribution in [0.2, 0.25) is 0 Å². The second-order valence-corrected chi connectivity index (χ2v) is 13.5. The molecule has 9 heteroatoms. The maximum atomic E-state index is 13.9. The van der Waals surface area contributed by atoms with Gasteiger partial charge in [0.25, 0.3) is 0 Å². The Kier molecular flexibility index (Phi) is 10.5. The van der Waals surface area contributed by atoms with Gasteiger partial charge in [-0.25, -0.2) is 0 Å². The molecular formula is C34H52O9. The van der Waals surface area contributed by atoms with Gasteiger partial charge in [0, 0.05) is 33.2 Å². The van der Waals surface area contributed by atoms with Crippen molar-refractivity contribution in [1.82, 2.24) is 0 Å². The second-order valence-electron chi connectivity index (χ2n) is 13.5. The summed E-state index contributed by atoms with van der Waals surface area (Å²) < 4.78 is 36.1. The zero-order valence-electron chi connectivity index (χ0n) is 26.9. The van der Waals surface area contributed by atoms with Crippen LogP contribution in [0.1, 0.15) is 72.6 Å². The fourth-order valence-corrected chi connectivity index (χ4v) is 8.69. The molecule has 0 bridgehead atoms. The van der Waals surface area contributed by atoms with Gasteiger partial charge in [-0.05, 0) is 81.6 Å². The molecule has 0 aromatic heterocycles. The predicted molar refractivity (Wildman–Crippen MR) is 159 cm³/mol. The summed E-state index contributed by atoms with van der Waals surface area (Å²) in [6, 6.07) is 0. The van der Waals surface area contributed by atoms with E-state index in [9.17, 15) is 14.7 Å². The molecular weight excluding hydrogens is 552 g/mol. The van der Waals surface area contributed by atoms with Gasteiger partial charge in [0.05, 0.1) is 24.7 Å². The van der Waals surface area contributed by atoms with Crippen molar-refractivity contribution in [3.05, 3.63) is 23.3 Å². The Balaban J connectivity index is 1.38. The third-order valence-electron chi connectivity index (χ3n) is 11.1. The van der Waals surface area contributed by atoms with Gasteiger partial charge in [-0.3, -0.25) is 9.59 Å². The monoisotopic (exact) mass is 604 g/mol. The first-order valence-corrected chi connectivity index (χ1v) is 16.3. The molecule has 9 nitrogen and oxygen atoms in total. The quantitative estimate of drug-likeness (QED) is 0.349. The van der Waals surface area contributed by atoms with Gasteiger partial charge in [0.1, 0.15) is 24.4 Å². The Labute approximate surface area is 256 Å². The molecule has 5 aliphatic rings. The summed E-state index contributed by atoms with van der Waals surface area (Å²) in [5.74, 6) is -0.288. The summed E-state index contributed by atoms with van der Waals surface area (Å²) in [4.78, 5) is 27.1. The molecule has 43 heavy (non-hydrogen) atoms. The Morgan fingerprint density at radius 3 is 2.33 bits per heavy atom. The summed E-state index contributed by atoms with van der Waals surface area (Å²) in [6.07, 6.45) is 6.19. The number of carbonyl (C=O) groups excluding carboxylic acids is 2. The van der Waals surface area contributed by atoms with E-state index < -0.39 is 24.4 Å². The molecule has 0 aromatic rings. The molecule has 5 rings (SSSR count). The fraction of sp³-hybridized carbons (Fsp3) is 0.824. The van der Waals surface area contributed by atoms with Gasteiger partial charge >= 0.3 is 5.97 Å². The molecule has 1 unspecified atom stereocenters. The molecule has 0 aromatic carbocycles. The number of carbonyl (C=O) groups is 2. The lowest BCUT2D eigenvalue weighted by molar-refractivity contribution is -0.314. The number of aliphatic hydroxyl groups is 1. The molecule has 0 radical (unpaired) electrons. The molecule has 0 amide bonds. The lowest BCUT2D eigenvalue weighted by Gasteiger charge is -2.44. The van der Waals surface area contributed by atoms with Gasteiger partial charge in [-0.1, -0.05) is 31.6 Å². The Hall–Kier alpha value is -1.62. The summed E-state index contributed by atoms with van der Waals surface area (Å²) in [5.41, 5.74) is 1.98. The average Bonchev–Trinajstić information content (AvgIpc) is 3.56. The van der Waals surface area contributed by atoms with Crippen LogP contribution in [0.25, 0.3) is 0 Å². The van der Waals surface area contributed by atoms with E-state index in [0.717, 1.165) is 25.7 Å². The Morgan fingerprint density at radius 2 is 1.65 bits per heavy atom. The maximum Gasteiger partial charge on any atom is 0.306 e. The zero-order chi connectivity index (χ0) is 31.0. The maximum absolute atomic E-state index is 13.9. The van der Waals surface area contributed by atoms with E-state index in [1.807, 2.05) is 20.8 Å². The van der Waals surface area contributed by atoms with Gasteiger partial charge < -0.3 is 33.5 Å². The number of Topliss-reactive ketones (excluding diaryl/α,β-unsaturated/α-hetero) is 1. The first-order chi connectivity index (χ1) is 20.6. The minimum Gasteiger partial charge on any atom is -0.462 e. The molecule has 1 N–H and O–H groups in total. The zero-order valence-corrected chi connectivity index (χ0v) is 26.9. The van der Waals surface area contributed by atoms with Crippen molar-refractivity contribution in [2.24, 2.45) is 35.5 Å². The van der Waals surface area contributed by atoms with Crippen molar-refractivity contribution < 1.29 is 43.1 Å². The fourth-order valence-electron chi connectivity index (χ4n) is 8.69. The summed E-state index contributed by atoms with van der Waals surface area (Å²) in [6.45, 7) is 7.98. The number of hydrogen-bond donors (Lipinski definition) is 1. The molecule has 0 spiro atoms. The van der Waals surface area contributed by atoms with Crippen LogP contribution in [0.4, 0.5) is 0 Å².